The summed E-state index contributed by atoms with van der Waals surface area (Å²) in [5, 5.41) is 13.2. The normalized spacial score (nSPS) is 10.4. The zero-order valence-corrected chi connectivity index (χ0v) is 9.76. The molecule has 1 aromatic heterocycles. The van der Waals surface area contributed by atoms with Gasteiger partial charge in [-0.25, -0.2) is 4.68 Å². The highest BCUT2D eigenvalue weighted by Crippen LogP contribution is 2.15. The van der Waals surface area contributed by atoms with Crippen molar-refractivity contribution in [3.05, 3.63) is 47.2 Å². The van der Waals surface area contributed by atoms with Gasteiger partial charge in [-0.1, -0.05) is 23.7 Å². The van der Waals surface area contributed by atoms with E-state index < -0.39 is 5.97 Å². The molecule has 1 heterocycles. The van der Waals surface area contributed by atoms with E-state index in [0.717, 1.165) is 11.3 Å². The number of hydrogen-bond donors (Lipinski definition) is 1. The van der Waals surface area contributed by atoms with E-state index >= 15 is 0 Å². The molecule has 5 heteroatoms. The SMILES string of the molecule is O=C(O)CCc1ccc(-n2nccc2Cl)cc1. The summed E-state index contributed by atoms with van der Waals surface area (Å²) in [4.78, 5) is 10.4. The van der Waals surface area contributed by atoms with Crippen LogP contribution >= 0.6 is 11.6 Å². The van der Waals surface area contributed by atoms with Crippen molar-refractivity contribution >= 4 is 17.6 Å². The molecular weight excluding hydrogens is 240 g/mol. The smallest absolute Gasteiger partial charge is 0.303 e. The summed E-state index contributed by atoms with van der Waals surface area (Å²) in [6.45, 7) is 0. The van der Waals surface area contributed by atoms with E-state index in [2.05, 4.69) is 5.10 Å². The lowest BCUT2D eigenvalue weighted by atomic mass is 10.1. The largest absolute Gasteiger partial charge is 0.481 e. The first kappa shape index (κ1) is 11.7. The van der Waals surface area contributed by atoms with Crippen LogP contribution in [0.1, 0.15) is 12.0 Å². The molecule has 0 bridgehead atoms. The number of aliphatic carboxylic acids is 1. The fourth-order valence-electron chi connectivity index (χ4n) is 1.53. The molecule has 0 radical (unpaired) electrons. The minimum atomic E-state index is -0.788. The van der Waals surface area contributed by atoms with Crippen LogP contribution in [0.15, 0.2) is 36.5 Å². The average molecular weight is 251 g/mol. The molecule has 0 unspecified atom stereocenters. The van der Waals surface area contributed by atoms with Crippen molar-refractivity contribution in [1.82, 2.24) is 9.78 Å². The van der Waals surface area contributed by atoms with E-state index in [4.69, 9.17) is 16.7 Å². The molecule has 1 aromatic carbocycles. The van der Waals surface area contributed by atoms with Crippen LogP contribution < -0.4 is 0 Å². The molecule has 4 nitrogen and oxygen atoms in total. The molecule has 0 atom stereocenters. The van der Waals surface area contributed by atoms with Gasteiger partial charge in [-0.3, -0.25) is 4.79 Å². The van der Waals surface area contributed by atoms with Crippen molar-refractivity contribution in [2.24, 2.45) is 0 Å². The van der Waals surface area contributed by atoms with Gasteiger partial charge in [-0.15, -0.1) is 0 Å². The number of carboxylic acids is 1. The lowest BCUT2D eigenvalue weighted by Gasteiger charge is -2.04. The van der Waals surface area contributed by atoms with E-state index in [1.165, 1.54) is 0 Å². The van der Waals surface area contributed by atoms with Gasteiger partial charge in [0.15, 0.2) is 0 Å². The third-order valence-corrected chi connectivity index (χ3v) is 2.69. The second-order valence-electron chi connectivity index (χ2n) is 3.63. The Morgan fingerprint density at radius 1 is 1.29 bits per heavy atom. The van der Waals surface area contributed by atoms with Gasteiger partial charge >= 0.3 is 5.97 Å². The van der Waals surface area contributed by atoms with Gasteiger partial charge in [0.1, 0.15) is 5.15 Å². The molecule has 2 aromatic rings. The Labute approximate surface area is 103 Å². The van der Waals surface area contributed by atoms with Crippen LogP contribution in [-0.2, 0) is 11.2 Å². The number of halogens is 1. The highest BCUT2D eigenvalue weighted by molar-refractivity contribution is 6.29. The number of aryl methyl sites for hydroxylation is 1. The molecule has 17 heavy (non-hydrogen) atoms. The molecule has 0 fully saturated rings. The maximum Gasteiger partial charge on any atom is 0.303 e. The first-order chi connectivity index (χ1) is 8.16. The number of carboxylic acid groups (broad SMARTS) is 1. The summed E-state index contributed by atoms with van der Waals surface area (Å²) in [6.07, 6.45) is 2.30. The molecule has 0 aliphatic carbocycles. The van der Waals surface area contributed by atoms with Crippen molar-refractivity contribution in [2.75, 3.05) is 0 Å². The summed E-state index contributed by atoms with van der Waals surface area (Å²) in [6, 6.07) is 9.22. The maximum atomic E-state index is 10.4. The number of aromatic nitrogens is 2. The van der Waals surface area contributed by atoms with E-state index in [9.17, 15) is 4.79 Å². The Balaban J connectivity index is 2.13. The minimum absolute atomic E-state index is 0.141. The zero-order valence-electron chi connectivity index (χ0n) is 9.01. The van der Waals surface area contributed by atoms with Gasteiger partial charge in [-0.05, 0) is 30.2 Å². The van der Waals surface area contributed by atoms with Gasteiger partial charge in [-0.2, -0.15) is 5.10 Å². The first-order valence-corrected chi connectivity index (χ1v) is 5.55. The van der Waals surface area contributed by atoms with E-state index in [1.54, 1.807) is 16.9 Å². The van der Waals surface area contributed by atoms with Crippen LogP contribution in [0.2, 0.25) is 5.15 Å². The Morgan fingerprint density at radius 2 is 2.00 bits per heavy atom. The Morgan fingerprint density at radius 3 is 2.53 bits per heavy atom. The van der Waals surface area contributed by atoms with E-state index in [1.807, 2.05) is 24.3 Å². The Kier molecular flexibility index (Phi) is 3.44. The fourth-order valence-corrected chi connectivity index (χ4v) is 1.73. The molecular formula is C12H11ClN2O2. The molecule has 0 saturated carbocycles. The van der Waals surface area contributed by atoms with Gasteiger partial charge < -0.3 is 5.11 Å². The summed E-state index contributed by atoms with van der Waals surface area (Å²) < 4.78 is 1.61. The minimum Gasteiger partial charge on any atom is -0.481 e. The van der Waals surface area contributed by atoms with Crippen molar-refractivity contribution < 1.29 is 9.90 Å². The predicted molar refractivity (Wildman–Crippen MR) is 64.5 cm³/mol. The molecule has 1 N–H and O–H groups in total. The molecule has 0 spiro atoms. The van der Waals surface area contributed by atoms with Gasteiger partial charge in [0.05, 0.1) is 11.9 Å². The summed E-state index contributed by atoms with van der Waals surface area (Å²) in [5.74, 6) is -0.788. The predicted octanol–water partition coefficient (Wildman–Crippen LogP) is 2.54. The van der Waals surface area contributed by atoms with Gasteiger partial charge in [0.25, 0.3) is 0 Å². The van der Waals surface area contributed by atoms with Gasteiger partial charge in [0.2, 0.25) is 0 Å². The highest BCUT2D eigenvalue weighted by atomic mass is 35.5. The summed E-state index contributed by atoms with van der Waals surface area (Å²) in [5.41, 5.74) is 1.85. The van der Waals surface area contributed by atoms with Gasteiger partial charge in [0, 0.05) is 6.42 Å². The number of rotatable bonds is 4. The molecule has 0 saturated heterocycles. The van der Waals surface area contributed by atoms with Crippen LogP contribution in [-0.4, -0.2) is 20.9 Å². The number of hydrogen-bond acceptors (Lipinski definition) is 2. The van der Waals surface area contributed by atoms with Crippen LogP contribution in [0, 0.1) is 0 Å². The maximum absolute atomic E-state index is 10.4. The number of benzene rings is 1. The van der Waals surface area contributed by atoms with Crippen LogP contribution in [0.4, 0.5) is 0 Å². The topological polar surface area (TPSA) is 55.1 Å². The molecule has 0 aliphatic rings. The lowest BCUT2D eigenvalue weighted by Crippen LogP contribution is -1.99. The first-order valence-electron chi connectivity index (χ1n) is 5.17. The van der Waals surface area contributed by atoms with Crippen LogP contribution in [0.5, 0.6) is 0 Å². The standard InChI is InChI=1S/C12H11ClN2O2/c13-11-7-8-14-15(11)10-4-1-9(2-5-10)3-6-12(16)17/h1-2,4-5,7-8H,3,6H2,(H,16,17). The lowest BCUT2D eigenvalue weighted by molar-refractivity contribution is -0.136. The highest BCUT2D eigenvalue weighted by Gasteiger charge is 2.03. The monoisotopic (exact) mass is 250 g/mol. The van der Waals surface area contributed by atoms with E-state index in [-0.39, 0.29) is 6.42 Å². The van der Waals surface area contributed by atoms with E-state index in [0.29, 0.717) is 11.6 Å². The number of nitrogens with zero attached hydrogens (tertiary/aromatic N) is 2. The third-order valence-electron chi connectivity index (χ3n) is 2.40. The summed E-state index contributed by atoms with van der Waals surface area (Å²) in [7, 11) is 0. The second kappa shape index (κ2) is 5.01. The van der Waals surface area contributed by atoms with Crippen molar-refractivity contribution in [3.63, 3.8) is 0 Å². The quantitative estimate of drug-likeness (QED) is 0.907. The molecule has 0 aliphatic heterocycles. The van der Waals surface area contributed by atoms with Crippen molar-refractivity contribution in [3.8, 4) is 5.69 Å². The molecule has 0 amide bonds. The fraction of sp³-hybridized carbons (Fsp3) is 0.167. The van der Waals surface area contributed by atoms with Crippen LogP contribution in [0.25, 0.3) is 5.69 Å². The molecule has 2 rings (SSSR count). The van der Waals surface area contributed by atoms with Crippen molar-refractivity contribution in [2.45, 2.75) is 12.8 Å². The Bertz CT molecular complexity index is 520. The summed E-state index contributed by atoms with van der Waals surface area (Å²) >= 11 is 5.94. The average Bonchev–Trinajstić information content (AvgIpc) is 2.73. The second-order valence-corrected chi connectivity index (χ2v) is 4.01. The van der Waals surface area contributed by atoms with Crippen LogP contribution in [0.3, 0.4) is 0 Å². The molecule has 88 valence electrons. The third kappa shape index (κ3) is 2.85. The zero-order chi connectivity index (χ0) is 12.3. The Hall–Kier alpha value is -1.81. The number of carbonyl (C=O) groups is 1. The van der Waals surface area contributed by atoms with Crippen molar-refractivity contribution in [1.29, 1.82) is 0 Å².